The monoisotopic (exact) mass is 360 g/mol. The van der Waals surface area contributed by atoms with Crippen molar-refractivity contribution in [3.05, 3.63) is 68.7 Å². The summed E-state index contributed by atoms with van der Waals surface area (Å²) < 4.78 is 27.1. The lowest BCUT2D eigenvalue weighted by Crippen LogP contribution is -2.30. The van der Waals surface area contributed by atoms with Gasteiger partial charge in [0.25, 0.3) is 0 Å². The van der Waals surface area contributed by atoms with Crippen molar-refractivity contribution in [3.8, 4) is 0 Å². The van der Waals surface area contributed by atoms with E-state index in [0.717, 1.165) is 10.0 Å². The van der Waals surface area contributed by atoms with Crippen molar-refractivity contribution in [1.82, 2.24) is 5.43 Å². The molecule has 2 aromatic rings. The fraction of sp³-hybridized carbons (Fsp3) is 0.143. The van der Waals surface area contributed by atoms with E-state index in [2.05, 4.69) is 21.4 Å². The summed E-state index contributed by atoms with van der Waals surface area (Å²) in [6.45, 7) is 0. The summed E-state index contributed by atoms with van der Waals surface area (Å²) in [6.07, 6.45) is 0.417. The number of halogens is 4. The average Bonchev–Trinajstić information content (AvgIpc) is 2.40. The van der Waals surface area contributed by atoms with Crippen LogP contribution in [0.5, 0.6) is 0 Å². The summed E-state index contributed by atoms with van der Waals surface area (Å²) in [5, 5.41) is 0.278. The van der Waals surface area contributed by atoms with Gasteiger partial charge in [-0.15, -0.1) is 0 Å². The van der Waals surface area contributed by atoms with Crippen molar-refractivity contribution in [1.29, 1.82) is 0 Å². The number of rotatable bonds is 4. The van der Waals surface area contributed by atoms with Crippen LogP contribution in [0.2, 0.25) is 5.02 Å². The van der Waals surface area contributed by atoms with Gasteiger partial charge in [0.2, 0.25) is 0 Å². The molecule has 20 heavy (non-hydrogen) atoms. The third-order valence-corrected chi connectivity index (χ3v) is 4.07. The van der Waals surface area contributed by atoms with Gasteiger partial charge in [-0.05, 0) is 47.9 Å². The maximum absolute atomic E-state index is 13.3. The van der Waals surface area contributed by atoms with Crippen molar-refractivity contribution in [2.45, 2.75) is 12.5 Å². The van der Waals surface area contributed by atoms with E-state index in [4.69, 9.17) is 17.4 Å². The zero-order valence-electron chi connectivity index (χ0n) is 10.3. The number of benzene rings is 2. The molecule has 0 aliphatic heterocycles. The zero-order chi connectivity index (χ0) is 14.7. The van der Waals surface area contributed by atoms with Crippen LogP contribution in [0.4, 0.5) is 8.78 Å². The van der Waals surface area contributed by atoms with Gasteiger partial charge in [-0.3, -0.25) is 11.3 Å². The Morgan fingerprint density at radius 3 is 2.45 bits per heavy atom. The standard InChI is InChI=1S/C14H12BrClF2N2/c15-12-4-2-9(17)5-8(12)6-14(20-19)11-3-1-10(18)7-13(11)16/h1-5,7,14,20H,6,19H2. The minimum absolute atomic E-state index is 0.278. The van der Waals surface area contributed by atoms with Crippen LogP contribution in [-0.2, 0) is 6.42 Å². The van der Waals surface area contributed by atoms with Crippen LogP contribution < -0.4 is 11.3 Å². The molecule has 6 heteroatoms. The third kappa shape index (κ3) is 3.55. The first kappa shape index (κ1) is 15.4. The molecule has 2 rings (SSSR count). The van der Waals surface area contributed by atoms with Crippen molar-refractivity contribution in [2.24, 2.45) is 5.84 Å². The highest BCUT2D eigenvalue weighted by atomic mass is 79.9. The normalized spacial score (nSPS) is 12.4. The molecule has 2 nitrogen and oxygen atoms in total. The van der Waals surface area contributed by atoms with E-state index >= 15 is 0 Å². The van der Waals surface area contributed by atoms with Crippen LogP contribution in [0.25, 0.3) is 0 Å². The maximum atomic E-state index is 13.3. The van der Waals surface area contributed by atoms with Crippen LogP contribution in [0.15, 0.2) is 40.9 Å². The summed E-state index contributed by atoms with van der Waals surface area (Å²) in [7, 11) is 0. The molecule has 3 N–H and O–H groups in total. The summed E-state index contributed by atoms with van der Waals surface area (Å²) in [5.41, 5.74) is 4.03. The van der Waals surface area contributed by atoms with Crippen LogP contribution in [0.3, 0.4) is 0 Å². The number of hydrogen-bond donors (Lipinski definition) is 2. The molecule has 1 unspecified atom stereocenters. The molecule has 0 saturated carbocycles. The van der Waals surface area contributed by atoms with E-state index in [0.29, 0.717) is 12.0 Å². The smallest absolute Gasteiger partial charge is 0.124 e. The average molecular weight is 362 g/mol. The fourth-order valence-electron chi connectivity index (χ4n) is 1.96. The van der Waals surface area contributed by atoms with E-state index < -0.39 is 5.82 Å². The molecule has 0 amide bonds. The Morgan fingerprint density at radius 2 is 1.80 bits per heavy atom. The first-order chi connectivity index (χ1) is 9.51. The molecule has 0 aliphatic carbocycles. The highest BCUT2D eigenvalue weighted by molar-refractivity contribution is 9.10. The highest BCUT2D eigenvalue weighted by Gasteiger charge is 2.16. The van der Waals surface area contributed by atoms with Gasteiger partial charge in [-0.1, -0.05) is 33.6 Å². The number of nitrogens with two attached hydrogens (primary N) is 1. The van der Waals surface area contributed by atoms with Crippen molar-refractivity contribution < 1.29 is 8.78 Å². The summed E-state index contributed by atoms with van der Waals surface area (Å²) in [6, 6.07) is 8.17. The van der Waals surface area contributed by atoms with Crippen molar-refractivity contribution in [3.63, 3.8) is 0 Å². The zero-order valence-corrected chi connectivity index (χ0v) is 12.7. The predicted molar refractivity (Wildman–Crippen MR) is 79.3 cm³/mol. The Hall–Kier alpha value is -1.01. The Balaban J connectivity index is 2.31. The molecule has 0 fully saturated rings. The van der Waals surface area contributed by atoms with Gasteiger partial charge in [0, 0.05) is 9.50 Å². The molecule has 0 aromatic heterocycles. The predicted octanol–water partition coefficient (Wildman–Crippen LogP) is 4.13. The van der Waals surface area contributed by atoms with Gasteiger partial charge in [0.05, 0.1) is 6.04 Å². The Bertz CT molecular complexity index is 622. The Kier molecular flexibility index (Phi) is 5.10. The van der Waals surface area contributed by atoms with Crippen LogP contribution >= 0.6 is 27.5 Å². The van der Waals surface area contributed by atoms with Gasteiger partial charge in [0.1, 0.15) is 11.6 Å². The van der Waals surface area contributed by atoms with Gasteiger partial charge in [0.15, 0.2) is 0 Å². The lowest BCUT2D eigenvalue weighted by molar-refractivity contribution is 0.545. The van der Waals surface area contributed by atoms with Gasteiger partial charge < -0.3 is 0 Å². The summed E-state index contributed by atoms with van der Waals surface area (Å²) in [4.78, 5) is 0. The highest BCUT2D eigenvalue weighted by Crippen LogP contribution is 2.28. The van der Waals surface area contributed by atoms with Crippen LogP contribution in [0.1, 0.15) is 17.2 Å². The van der Waals surface area contributed by atoms with E-state index in [1.807, 2.05) is 0 Å². The number of hydrogen-bond acceptors (Lipinski definition) is 2. The lowest BCUT2D eigenvalue weighted by Gasteiger charge is -2.18. The van der Waals surface area contributed by atoms with Crippen molar-refractivity contribution >= 4 is 27.5 Å². The molecular formula is C14H12BrClF2N2. The Labute approximate surface area is 129 Å². The summed E-state index contributed by atoms with van der Waals surface area (Å²) in [5.74, 6) is 4.79. The molecule has 0 heterocycles. The first-order valence-electron chi connectivity index (χ1n) is 5.86. The molecule has 0 spiro atoms. The molecular weight excluding hydrogens is 350 g/mol. The van der Waals surface area contributed by atoms with Crippen molar-refractivity contribution in [2.75, 3.05) is 0 Å². The molecule has 0 bridgehead atoms. The maximum Gasteiger partial charge on any atom is 0.124 e. The topological polar surface area (TPSA) is 38.0 Å². The van der Waals surface area contributed by atoms with Gasteiger partial charge in [-0.25, -0.2) is 8.78 Å². The second kappa shape index (κ2) is 6.63. The molecule has 0 saturated heterocycles. The fourth-order valence-corrected chi connectivity index (χ4v) is 2.67. The second-order valence-electron chi connectivity index (χ2n) is 4.32. The number of hydrazine groups is 1. The van der Waals surface area contributed by atoms with E-state index in [-0.39, 0.29) is 16.9 Å². The van der Waals surface area contributed by atoms with Gasteiger partial charge >= 0.3 is 0 Å². The second-order valence-corrected chi connectivity index (χ2v) is 5.59. The first-order valence-corrected chi connectivity index (χ1v) is 7.03. The quantitative estimate of drug-likeness (QED) is 0.635. The van der Waals surface area contributed by atoms with E-state index in [1.54, 1.807) is 12.1 Å². The largest absolute Gasteiger partial charge is 0.271 e. The SMILES string of the molecule is NNC(Cc1cc(F)ccc1Br)c1ccc(F)cc1Cl. The molecule has 106 valence electrons. The molecule has 0 radical (unpaired) electrons. The van der Waals surface area contributed by atoms with Crippen LogP contribution in [-0.4, -0.2) is 0 Å². The van der Waals surface area contributed by atoms with E-state index in [9.17, 15) is 8.78 Å². The summed E-state index contributed by atoms with van der Waals surface area (Å²) >= 11 is 9.38. The minimum atomic E-state index is -0.415. The lowest BCUT2D eigenvalue weighted by atomic mass is 9.99. The number of nitrogens with one attached hydrogen (secondary N) is 1. The third-order valence-electron chi connectivity index (χ3n) is 2.97. The molecule has 0 aliphatic rings. The van der Waals surface area contributed by atoms with E-state index in [1.165, 1.54) is 24.3 Å². The molecule has 2 aromatic carbocycles. The molecule has 1 atom stereocenters. The Morgan fingerprint density at radius 1 is 1.15 bits per heavy atom. The van der Waals surface area contributed by atoms with Gasteiger partial charge in [-0.2, -0.15) is 0 Å². The minimum Gasteiger partial charge on any atom is -0.271 e. The van der Waals surface area contributed by atoms with Crippen LogP contribution in [0, 0.1) is 11.6 Å².